The molecule has 4 rings (SSSR count). The van der Waals surface area contributed by atoms with Crippen LogP contribution in [0.25, 0.3) is 0 Å². The van der Waals surface area contributed by atoms with Crippen molar-refractivity contribution in [2.45, 2.75) is 10.8 Å². The van der Waals surface area contributed by atoms with Gasteiger partial charge in [-0.25, -0.2) is 0 Å². The fourth-order valence-electron chi connectivity index (χ4n) is 2.89. The molecule has 1 aromatic heterocycles. The average Bonchev–Trinajstić information content (AvgIpc) is 3.22. The molecular formula is C23H20N4OS2. The number of anilines is 3. The highest BCUT2D eigenvalue weighted by atomic mass is 32.2. The maximum Gasteiger partial charge on any atom is 0.234 e. The molecule has 0 saturated carbocycles. The third-order valence-corrected chi connectivity index (χ3v) is 6.26. The first kappa shape index (κ1) is 20.1. The average molecular weight is 433 g/mol. The molecule has 4 aromatic rings. The summed E-state index contributed by atoms with van der Waals surface area (Å²) in [5.41, 5.74) is 4.10. The Labute approximate surface area is 183 Å². The van der Waals surface area contributed by atoms with Crippen LogP contribution in [0.2, 0.25) is 0 Å². The molecule has 0 aliphatic carbocycles. The molecule has 5 nitrogen and oxygen atoms in total. The summed E-state index contributed by atoms with van der Waals surface area (Å²) in [4.78, 5) is 12.5. The molecule has 0 atom stereocenters. The van der Waals surface area contributed by atoms with Gasteiger partial charge in [0.2, 0.25) is 11.0 Å². The summed E-state index contributed by atoms with van der Waals surface area (Å²) in [6, 6.07) is 27.9. The molecule has 0 radical (unpaired) electrons. The number of amides is 1. The second-order valence-electron chi connectivity index (χ2n) is 6.52. The summed E-state index contributed by atoms with van der Waals surface area (Å²) in [5.74, 6) is 0.216. The summed E-state index contributed by atoms with van der Waals surface area (Å²) in [6.07, 6.45) is 0.773. The normalized spacial score (nSPS) is 10.5. The van der Waals surface area contributed by atoms with E-state index in [9.17, 15) is 4.79 Å². The lowest BCUT2D eigenvalue weighted by atomic mass is 10.0. The van der Waals surface area contributed by atoms with Crippen LogP contribution in [-0.2, 0) is 11.2 Å². The van der Waals surface area contributed by atoms with Crippen molar-refractivity contribution >= 4 is 45.5 Å². The van der Waals surface area contributed by atoms with E-state index in [0.717, 1.165) is 27.7 Å². The van der Waals surface area contributed by atoms with Crippen LogP contribution in [-0.4, -0.2) is 21.9 Å². The van der Waals surface area contributed by atoms with E-state index in [0.29, 0.717) is 5.13 Å². The van der Waals surface area contributed by atoms with Crippen molar-refractivity contribution in [3.63, 3.8) is 0 Å². The minimum atomic E-state index is -0.0618. The first-order valence-corrected chi connectivity index (χ1v) is 11.3. The van der Waals surface area contributed by atoms with Crippen LogP contribution in [0.4, 0.5) is 16.5 Å². The number of hydrogen-bond donors (Lipinski definition) is 2. The highest BCUT2D eigenvalue weighted by molar-refractivity contribution is 8.01. The third kappa shape index (κ3) is 5.68. The predicted octanol–water partition coefficient (Wildman–Crippen LogP) is 5.60. The van der Waals surface area contributed by atoms with Crippen LogP contribution in [0.1, 0.15) is 11.1 Å². The van der Waals surface area contributed by atoms with Crippen LogP contribution in [0.3, 0.4) is 0 Å². The van der Waals surface area contributed by atoms with Crippen molar-refractivity contribution in [1.82, 2.24) is 10.2 Å². The summed E-state index contributed by atoms with van der Waals surface area (Å²) in [5, 5.41) is 15.2. The standard InChI is InChI=1S/C23H20N4OS2/c28-21(16-29-23-27-26-22(30-23)24-19-12-5-2-6-13-19)25-20-14-8-7-11-18(20)15-17-9-3-1-4-10-17/h1-14H,15-16H2,(H,24,26)(H,25,28). The van der Waals surface area contributed by atoms with Gasteiger partial charge >= 0.3 is 0 Å². The highest BCUT2D eigenvalue weighted by Gasteiger charge is 2.11. The number of carbonyl (C=O) groups is 1. The number of thioether (sulfide) groups is 1. The quantitative estimate of drug-likeness (QED) is 0.355. The summed E-state index contributed by atoms with van der Waals surface area (Å²) in [7, 11) is 0. The Morgan fingerprint density at radius 1 is 0.867 bits per heavy atom. The molecule has 0 spiro atoms. The van der Waals surface area contributed by atoms with E-state index >= 15 is 0 Å². The molecule has 7 heteroatoms. The third-order valence-electron chi connectivity index (χ3n) is 4.29. The maximum atomic E-state index is 12.5. The Kier molecular flexibility index (Phi) is 6.74. The molecule has 3 aromatic carbocycles. The van der Waals surface area contributed by atoms with Crippen molar-refractivity contribution in [2.24, 2.45) is 0 Å². The molecule has 1 heterocycles. The first-order valence-electron chi connectivity index (χ1n) is 9.46. The summed E-state index contributed by atoms with van der Waals surface area (Å²) in [6.45, 7) is 0. The lowest BCUT2D eigenvalue weighted by Crippen LogP contribution is -2.15. The zero-order chi connectivity index (χ0) is 20.6. The van der Waals surface area contributed by atoms with E-state index in [1.165, 1.54) is 28.7 Å². The van der Waals surface area contributed by atoms with Gasteiger partial charge in [0.25, 0.3) is 0 Å². The fraction of sp³-hybridized carbons (Fsp3) is 0.0870. The van der Waals surface area contributed by atoms with Crippen LogP contribution in [0.5, 0.6) is 0 Å². The number of benzene rings is 3. The van der Waals surface area contributed by atoms with Gasteiger partial charge in [-0.15, -0.1) is 10.2 Å². The lowest BCUT2D eigenvalue weighted by Gasteiger charge is -2.11. The van der Waals surface area contributed by atoms with Gasteiger partial charge in [0.1, 0.15) is 0 Å². The SMILES string of the molecule is O=C(CSc1nnc(Nc2ccccc2)s1)Nc1ccccc1Cc1ccccc1. The minimum Gasteiger partial charge on any atom is -0.330 e. The minimum absolute atomic E-state index is 0.0618. The molecule has 0 saturated heterocycles. The maximum absolute atomic E-state index is 12.5. The van der Waals surface area contributed by atoms with Crippen molar-refractivity contribution in [1.29, 1.82) is 0 Å². The van der Waals surface area contributed by atoms with Gasteiger partial charge in [0.05, 0.1) is 5.75 Å². The fourth-order valence-corrected chi connectivity index (χ4v) is 4.46. The van der Waals surface area contributed by atoms with E-state index in [1.807, 2.05) is 72.8 Å². The largest absolute Gasteiger partial charge is 0.330 e. The van der Waals surface area contributed by atoms with Crippen LogP contribution >= 0.6 is 23.1 Å². The molecule has 0 aliphatic heterocycles. The predicted molar refractivity (Wildman–Crippen MR) is 125 cm³/mol. The Balaban J connectivity index is 1.32. The first-order chi connectivity index (χ1) is 14.8. The second kappa shape index (κ2) is 10.0. The molecule has 2 N–H and O–H groups in total. The number of hydrogen-bond acceptors (Lipinski definition) is 6. The van der Waals surface area contributed by atoms with Crippen LogP contribution in [0, 0.1) is 0 Å². The number of aromatic nitrogens is 2. The van der Waals surface area contributed by atoms with Gasteiger partial charge in [0.15, 0.2) is 4.34 Å². The highest BCUT2D eigenvalue weighted by Crippen LogP contribution is 2.28. The van der Waals surface area contributed by atoms with Crippen molar-refractivity contribution in [3.8, 4) is 0 Å². The van der Waals surface area contributed by atoms with Crippen LogP contribution < -0.4 is 10.6 Å². The topological polar surface area (TPSA) is 66.9 Å². The molecule has 0 bridgehead atoms. The van der Waals surface area contributed by atoms with Gasteiger partial charge in [0, 0.05) is 11.4 Å². The lowest BCUT2D eigenvalue weighted by molar-refractivity contribution is -0.113. The van der Waals surface area contributed by atoms with E-state index in [1.54, 1.807) is 0 Å². The molecule has 0 aliphatic rings. The molecule has 30 heavy (non-hydrogen) atoms. The van der Waals surface area contributed by atoms with Crippen molar-refractivity contribution < 1.29 is 4.79 Å². The van der Waals surface area contributed by atoms with Gasteiger partial charge in [-0.3, -0.25) is 4.79 Å². The monoisotopic (exact) mass is 432 g/mol. The number of nitrogens with one attached hydrogen (secondary N) is 2. The van der Waals surface area contributed by atoms with Crippen molar-refractivity contribution in [3.05, 3.63) is 96.1 Å². The smallest absolute Gasteiger partial charge is 0.234 e. The van der Waals surface area contributed by atoms with Crippen LogP contribution in [0.15, 0.2) is 89.3 Å². The molecule has 0 fully saturated rings. The van der Waals surface area contributed by atoms with Gasteiger partial charge < -0.3 is 10.6 Å². The second-order valence-corrected chi connectivity index (χ2v) is 8.72. The summed E-state index contributed by atoms with van der Waals surface area (Å²) < 4.78 is 0.751. The van der Waals surface area contributed by atoms with Crippen molar-refractivity contribution in [2.75, 3.05) is 16.4 Å². The summed E-state index contributed by atoms with van der Waals surface area (Å²) >= 11 is 2.81. The number of nitrogens with zero attached hydrogens (tertiary/aromatic N) is 2. The van der Waals surface area contributed by atoms with Gasteiger partial charge in [-0.05, 0) is 35.7 Å². The molecular weight excluding hydrogens is 412 g/mol. The van der Waals surface area contributed by atoms with E-state index in [-0.39, 0.29) is 11.7 Å². The number of para-hydroxylation sites is 2. The van der Waals surface area contributed by atoms with E-state index in [2.05, 4.69) is 33.0 Å². The van der Waals surface area contributed by atoms with Gasteiger partial charge in [-0.2, -0.15) is 0 Å². The Bertz CT molecular complexity index is 1100. The zero-order valence-corrected chi connectivity index (χ0v) is 17.7. The molecule has 0 unspecified atom stereocenters. The molecule has 150 valence electrons. The van der Waals surface area contributed by atoms with E-state index in [4.69, 9.17) is 0 Å². The van der Waals surface area contributed by atoms with Gasteiger partial charge in [-0.1, -0.05) is 89.8 Å². The Morgan fingerprint density at radius 3 is 2.37 bits per heavy atom. The Hall–Kier alpha value is -3.16. The van der Waals surface area contributed by atoms with E-state index < -0.39 is 0 Å². The number of carbonyl (C=O) groups excluding carboxylic acids is 1. The number of rotatable bonds is 8. The zero-order valence-electron chi connectivity index (χ0n) is 16.1. The molecule has 1 amide bonds. The Morgan fingerprint density at radius 2 is 1.57 bits per heavy atom.